The van der Waals surface area contributed by atoms with E-state index in [-0.39, 0.29) is 29.3 Å². The van der Waals surface area contributed by atoms with Crippen LogP contribution in [0.5, 0.6) is 0 Å². The van der Waals surface area contributed by atoms with E-state index in [1.165, 1.54) is 11.8 Å². The molecule has 0 N–H and O–H groups in total. The molecule has 0 unspecified atom stereocenters. The minimum absolute atomic E-state index is 0.0867. The molecule has 0 fully saturated rings. The highest BCUT2D eigenvalue weighted by molar-refractivity contribution is 7.99. The Bertz CT molecular complexity index is 1080. The summed E-state index contributed by atoms with van der Waals surface area (Å²) in [6, 6.07) is 12.2. The van der Waals surface area contributed by atoms with Gasteiger partial charge >= 0.3 is 0 Å². The largest absolute Gasteiger partial charge is 0.337 e. The van der Waals surface area contributed by atoms with Crippen molar-refractivity contribution in [1.82, 2.24) is 14.5 Å². The van der Waals surface area contributed by atoms with Crippen molar-refractivity contribution in [2.24, 2.45) is 7.05 Å². The number of thioether (sulfide) groups is 1. The summed E-state index contributed by atoms with van der Waals surface area (Å²) in [7, 11) is 1.72. The first kappa shape index (κ1) is 21.4. The van der Waals surface area contributed by atoms with Crippen molar-refractivity contribution >= 4 is 39.3 Å². The Labute approximate surface area is 176 Å². The van der Waals surface area contributed by atoms with Crippen LogP contribution in [0.2, 0.25) is 0 Å². The predicted octanol–water partition coefficient (Wildman–Crippen LogP) is 4.60. The van der Waals surface area contributed by atoms with Crippen molar-refractivity contribution in [1.29, 1.82) is 0 Å². The number of hydrogen-bond donors (Lipinski definition) is 0. The zero-order valence-electron chi connectivity index (χ0n) is 17.8. The highest BCUT2D eigenvalue weighted by Gasteiger charge is 2.24. The number of amides is 1. The molecule has 1 heterocycles. The molecule has 0 aliphatic carbocycles. The second kappa shape index (κ2) is 8.99. The fourth-order valence-corrected chi connectivity index (χ4v) is 4.43. The smallest absolute Gasteiger partial charge is 0.261 e. The molecule has 3 aromatic rings. The van der Waals surface area contributed by atoms with Crippen molar-refractivity contribution < 1.29 is 4.79 Å². The second-order valence-corrected chi connectivity index (χ2v) is 8.52. The van der Waals surface area contributed by atoms with E-state index in [1.807, 2.05) is 41.3 Å². The molecule has 0 spiro atoms. The van der Waals surface area contributed by atoms with Crippen molar-refractivity contribution in [3.63, 3.8) is 0 Å². The van der Waals surface area contributed by atoms with Crippen LogP contribution in [0.4, 0.5) is 0 Å². The normalized spacial score (nSPS) is 13.6. The maximum Gasteiger partial charge on any atom is 0.261 e. The molecule has 6 heteroatoms. The molecule has 3 rings (SSSR count). The van der Waals surface area contributed by atoms with Gasteiger partial charge in [-0.05, 0) is 49.6 Å². The number of rotatable bonds is 7. The monoisotopic (exact) mass is 411 g/mol. The topological polar surface area (TPSA) is 55.2 Å². The van der Waals surface area contributed by atoms with E-state index in [0.717, 1.165) is 23.6 Å². The molecule has 0 radical (unpaired) electrons. The molecular weight excluding hydrogens is 382 g/mol. The predicted molar refractivity (Wildman–Crippen MR) is 122 cm³/mol. The summed E-state index contributed by atoms with van der Waals surface area (Å²) in [6.07, 6.45) is 1.83. The van der Waals surface area contributed by atoms with Gasteiger partial charge in [-0.2, -0.15) is 0 Å². The first-order chi connectivity index (χ1) is 13.9. The van der Waals surface area contributed by atoms with Crippen LogP contribution in [0, 0.1) is 0 Å². The zero-order valence-corrected chi connectivity index (χ0v) is 18.6. The average Bonchev–Trinajstić information content (AvgIpc) is 2.73. The lowest BCUT2D eigenvalue weighted by Gasteiger charge is -2.34. The van der Waals surface area contributed by atoms with Gasteiger partial charge in [0.05, 0.1) is 16.7 Å². The molecule has 0 aliphatic heterocycles. The Hall–Kier alpha value is -2.34. The molecule has 1 aromatic heterocycles. The van der Waals surface area contributed by atoms with E-state index in [1.54, 1.807) is 11.6 Å². The lowest BCUT2D eigenvalue weighted by atomic mass is 10.1. The number of carbonyl (C=O) groups is 1. The summed E-state index contributed by atoms with van der Waals surface area (Å²) in [6.45, 7) is 8.37. The number of hydrogen-bond acceptors (Lipinski definition) is 4. The van der Waals surface area contributed by atoms with Gasteiger partial charge in [-0.3, -0.25) is 14.2 Å². The Morgan fingerprint density at radius 2 is 1.69 bits per heavy atom. The Morgan fingerprint density at radius 3 is 2.28 bits per heavy atom. The fourth-order valence-electron chi connectivity index (χ4n) is 3.59. The van der Waals surface area contributed by atoms with Gasteiger partial charge in [-0.25, -0.2) is 4.98 Å². The number of fused-ring (bicyclic) bond motifs is 2. The van der Waals surface area contributed by atoms with Crippen molar-refractivity contribution in [3.05, 3.63) is 46.8 Å². The van der Waals surface area contributed by atoms with Crippen LogP contribution in [0.3, 0.4) is 0 Å². The van der Waals surface area contributed by atoms with E-state index >= 15 is 0 Å². The Balaban J connectivity index is 1.91. The first-order valence-electron chi connectivity index (χ1n) is 10.2. The quantitative estimate of drug-likeness (QED) is 0.324. The van der Waals surface area contributed by atoms with Crippen LogP contribution < -0.4 is 5.56 Å². The van der Waals surface area contributed by atoms with Gasteiger partial charge in [-0.1, -0.05) is 49.9 Å². The van der Waals surface area contributed by atoms with Gasteiger partial charge in [0.15, 0.2) is 5.16 Å². The highest BCUT2D eigenvalue weighted by Crippen LogP contribution is 2.23. The van der Waals surface area contributed by atoms with Gasteiger partial charge in [0.25, 0.3) is 5.56 Å². The third kappa shape index (κ3) is 4.32. The summed E-state index contributed by atoms with van der Waals surface area (Å²) in [4.78, 5) is 32.5. The molecule has 2 aromatic carbocycles. The molecule has 5 nitrogen and oxygen atoms in total. The minimum atomic E-state index is -0.0867. The fraction of sp³-hybridized carbons (Fsp3) is 0.435. The summed E-state index contributed by atoms with van der Waals surface area (Å²) in [5, 5.41) is 3.24. The zero-order chi connectivity index (χ0) is 21.1. The average molecular weight is 412 g/mol. The van der Waals surface area contributed by atoms with Crippen LogP contribution in [0.15, 0.2) is 46.3 Å². The van der Waals surface area contributed by atoms with Crippen molar-refractivity contribution in [2.45, 2.75) is 57.8 Å². The Kier molecular flexibility index (Phi) is 6.63. The molecule has 2 atom stereocenters. The highest BCUT2D eigenvalue weighted by atomic mass is 32.2. The maximum absolute atomic E-state index is 12.9. The van der Waals surface area contributed by atoms with Crippen molar-refractivity contribution in [3.8, 4) is 0 Å². The summed E-state index contributed by atoms with van der Waals surface area (Å²) in [5.41, 5.74) is 0.582. The maximum atomic E-state index is 12.9. The first-order valence-corrected chi connectivity index (χ1v) is 11.2. The molecule has 29 heavy (non-hydrogen) atoms. The second-order valence-electron chi connectivity index (χ2n) is 7.58. The SMILES string of the molecule is CC[C@@H](C)N(C(=O)CSc1nc2cc3ccccc3cc2c(=O)n1C)[C@H](C)CC. The molecular formula is C23H29N3O2S. The van der Waals surface area contributed by atoms with Gasteiger partial charge < -0.3 is 4.90 Å². The lowest BCUT2D eigenvalue weighted by Crippen LogP contribution is -2.45. The number of aromatic nitrogens is 2. The van der Waals surface area contributed by atoms with Crippen LogP contribution in [-0.4, -0.2) is 38.2 Å². The third-order valence-electron chi connectivity index (χ3n) is 5.65. The molecule has 0 saturated carbocycles. The number of nitrogens with zero attached hydrogens (tertiary/aromatic N) is 3. The number of benzene rings is 2. The number of carbonyl (C=O) groups excluding carboxylic acids is 1. The van der Waals surface area contributed by atoms with Gasteiger partial charge in [-0.15, -0.1) is 0 Å². The summed E-state index contributed by atoms with van der Waals surface area (Å²) < 4.78 is 1.55. The van der Waals surface area contributed by atoms with E-state index in [9.17, 15) is 9.59 Å². The van der Waals surface area contributed by atoms with Crippen LogP contribution in [0.1, 0.15) is 40.5 Å². The molecule has 0 bridgehead atoms. The van der Waals surface area contributed by atoms with Crippen LogP contribution in [-0.2, 0) is 11.8 Å². The van der Waals surface area contributed by atoms with E-state index in [4.69, 9.17) is 4.98 Å². The third-order valence-corrected chi connectivity index (χ3v) is 6.66. The summed E-state index contributed by atoms with van der Waals surface area (Å²) in [5.74, 6) is 0.361. The molecule has 154 valence electrons. The summed E-state index contributed by atoms with van der Waals surface area (Å²) >= 11 is 1.33. The van der Waals surface area contributed by atoms with Crippen LogP contribution >= 0.6 is 11.8 Å². The van der Waals surface area contributed by atoms with Crippen molar-refractivity contribution in [2.75, 3.05) is 5.75 Å². The van der Waals surface area contributed by atoms with Gasteiger partial charge in [0, 0.05) is 19.1 Å². The molecule has 0 saturated heterocycles. The van der Waals surface area contributed by atoms with E-state index in [0.29, 0.717) is 16.1 Å². The van der Waals surface area contributed by atoms with Gasteiger partial charge in [0.1, 0.15) is 0 Å². The van der Waals surface area contributed by atoms with E-state index in [2.05, 4.69) is 27.7 Å². The standard InChI is InChI=1S/C23H29N3O2S/c1-6-15(3)26(16(4)7-2)21(27)14-29-23-24-20-13-18-11-9-8-10-17(18)12-19(20)22(28)25(23)5/h8-13,15-16H,6-7,14H2,1-5H3/t15-,16-/m1/s1. The van der Waals surface area contributed by atoms with Gasteiger partial charge in [0.2, 0.25) is 5.91 Å². The van der Waals surface area contributed by atoms with E-state index < -0.39 is 0 Å². The van der Waals surface area contributed by atoms with Crippen LogP contribution in [0.25, 0.3) is 21.7 Å². The molecule has 1 amide bonds. The minimum Gasteiger partial charge on any atom is -0.337 e. The Morgan fingerprint density at radius 1 is 1.10 bits per heavy atom. The molecule has 0 aliphatic rings. The lowest BCUT2D eigenvalue weighted by molar-refractivity contribution is -0.132.